The molecular formula is C19H19N3O. The van der Waals surface area contributed by atoms with Crippen LogP contribution in [0, 0.1) is 5.92 Å². The smallest absolute Gasteiger partial charge is 0.225 e. The third kappa shape index (κ3) is 2.78. The fourth-order valence-corrected chi connectivity index (χ4v) is 3.17. The van der Waals surface area contributed by atoms with Gasteiger partial charge in [-0.3, -0.25) is 0 Å². The summed E-state index contributed by atoms with van der Waals surface area (Å²) in [6.45, 7) is 1.98. The molecule has 1 aliphatic rings. The Kier molecular flexibility index (Phi) is 3.67. The first kappa shape index (κ1) is 14.2. The van der Waals surface area contributed by atoms with E-state index in [1.807, 2.05) is 12.3 Å². The zero-order valence-corrected chi connectivity index (χ0v) is 12.9. The summed E-state index contributed by atoms with van der Waals surface area (Å²) in [4.78, 5) is 11.3. The number of nitrogens with zero attached hydrogens (tertiary/aromatic N) is 3. The number of anilines is 1. The van der Waals surface area contributed by atoms with Crippen molar-refractivity contribution in [3.8, 4) is 11.3 Å². The van der Waals surface area contributed by atoms with Crippen LogP contribution in [-0.2, 0) is 0 Å². The summed E-state index contributed by atoms with van der Waals surface area (Å²) < 4.78 is 0. The lowest BCUT2D eigenvalue weighted by Crippen LogP contribution is -2.22. The largest absolute Gasteiger partial charge is 0.396 e. The molecule has 1 N–H and O–H groups in total. The predicted molar refractivity (Wildman–Crippen MR) is 92.4 cm³/mol. The average molecular weight is 305 g/mol. The van der Waals surface area contributed by atoms with Gasteiger partial charge in [-0.25, -0.2) is 9.97 Å². The summed E-state index contributed by atoms with van der Waals surface area (Å²) in [7, 11) is 0. The van der Waals surface area contributed by atoms with Crippen LogP contribution >= 0.6 is 0 Å². The molecule has 1 aliphatic heterocycles. The highest BCUT2D eigenvalue weighted by Gasteiger charge is 2.23. The van der Waals surface area contributed by atoms with Crippen LogP contribution < -0.4 is 4.90 Å². The Balaban J connectivity index is 1.67. The van der Waals surface area contributed by atoms with E-state index in [0.29, 0.717) is 5.92 Å². The number of hydrogen-bond acceptors (Lipinski definition) is 4. The summed E-state index contributed by atoms with van der Waals surface area (Å²) in [5, 5.41) is 11.7. The van der Waals surface area contributed by atoms with Gasteiger partial charge in [0.05, 0.1) is 5.69 Å². The molecule has 3 aromatic rings. The molecule has 0 amide bonds. The summed E-state index contributed by atoms with van der Waals surface area (Å²) >= 11 is 0. The van der Waals surface area contributed by atoms with Crippen molar-refractivity contribution in [3.05, 3.63) is 54.7 Å². The molecule has 0 aliphatic carbocycles. The number of rotatable bonds is 3. The molecule has 4 heteroatoms. The highest BCUT2D eigenvalue weighted by molar-refractivity contribution is 5.86. The van der Waals surface area contributed by atoms with Gasteiger partial charge in [0.15, 0.2) is 0 Å². The highest BCUT2D eigenvalue weighted by atomic mass is 16.3. The van der Waals surface area contributed by atoms with E-state index >= 15 is 0 Å². The summed E-state index contributed by atoms with van der Waals surface area (Å²) in [6.07, 6.45) is 2.82. The third-order valence-electron chi connectivity index (χ3n) is 4.51. The molecule has 4 nitrogen and oxygen atoms in total. The van der Waals surface area contributed by atoms with E-state index in [1.54, 1.807) is 0 Å². The number of aliphatic hydroxyl groups excluding tert-OH is 1. The molecule has 1 atom stereocenters. The first-order valence-corrected chi connectivity index (χ1v) is 8.01. The van der Waals surface area contributed by atoms with Crippen LogP contribution in [0.2, 0.25) is 0 Å². The molecule has 0 unspecified atom stereocenters. The van der Waals surface area contributed by atoms with Gasteiger partial charge in [0, 0.05) is 37.4 Å². The van der Waals surface area contributed by atoms with Gasteiger partial charge in [-0.05, 0) is 29.3 Å². The monoisotopic (exact) mass is 305 g/mol. The van der Waals surface area contributed by atoms with Gasteiger partial charge in [-0.15, -0.1) is 0 Å². The number of aromatic nitrogens is 2. The van der Waals surface area contributed by atoms with Crippen molar-refractivity contribution in [2.75, 3.05) is 24.6 Å². The van der Waals surface area contributed by atoms with Gasteiger partial charge in [-0.1, -0.05) is 36.4 Å². The van der Waals surface area contributed by atoms with E-state index in [0.717, 1.165) is 36.7 Å². The summed E-state index contributed by atoms with van der Waals surface area (Å²) in [5.41, 5.74) is 2.04. The normalized spacial score (nSPS) is 17.8. The summed E-state index contributed by atoms with van der Waals surface area (Å²) in [6, 6.07) is 16.7. The molecule has 1 saturated heterocycles. The Morgan fingerprint density at radius 2 is 1.96 bits per heavy atom. The van der Waals surface area contributed by atoms with Crippen molar-refractivity contribution in [2.24, 2.45) is 5.92 Å². The molecule has 0 saturated carbocycles. The highest BCUT2D eigenvalue weighted by Crippen LogP contribution is 2.26. The van der Waals surface area contributed by atoms with Gasteiger partial charge in [-0.2, -0.15) is 0 Å². The maximum Gasteiger partial charge on any atom is 0.225 e. The van der Waals surface area contributed by atoms with E-state index in [-0.39, 0.29) is 6.61 Å². The maximum atomic E-state index is 9.30. The Bertz CT molecular complexity index is 833. The van der Waals surface area contributed by atoms with Crippen molar-refractivity contribution >= 4 is 16.7 Å². The fourth-order valence-electron chi connectivity index (χ4n) is 3.17. The molecule has 116 valence electrons. The zero-order valence-electron chi connectivity index (χ0n) is 12.9. The van der Waals surface area contributed by atoms with Crippen LogP contribution in [0.25, 0.3) is 22.0 Å². The van der Waals surface area contributed by atoms with Gasteiger partial charge >= 0.3 is 0 Å². The standard InChI is InChI=1S/C19H19N3O/c23-13-14-8-10-22(12-14)19-20-9-7-18(21-19)17-6-5-15-3-1-2-4-16(15)11-17/h1-7,9,11,14,23H,8,10,12-13H2/t14-/m1/s1. The van der Waals surface area contributed by atoms with Gasteiger partial charge in [0.2, 0.25) is 5.95 Å². The maximum absolute atomic E-state index is 9.30. The third-order valence-corrected chi connectivity index (χ3v) is 4.51. The van der Waals surface area contributed by atoms with E-state index < -0.39 is 0 Å². The lowest BCUT2D eigenvalue weighted by atomic mass is 10.1. The molecule has 4 rings (SSSR count). The van der Waals surface area contributed by atoms with Crippen LogP contribution in [0.3, 0.4) is 0 Å². The fraction of sp³-hybridized carbons (Fsp3) is 0.263. The minimum atomic E-state index is 0.237. The topological polar surface area (TPSA) is 49.2 Å². The van der Waals surface area contributed by atoms with Gasteiger partial charge in [0.25, 0.3) is 0 Å². The molecule has 1 fully saturated rings. The van der Waals surface area contributed by atoms with E-state index in [4.69, 9.17) is 4.98 Å². The molecule has 0 bridgehead atoms. The molecule has 0 radical (unpaired) electrons. The van der Waals surface area contributed by atoms with Crippen LogP contribution in [0.5, 0.6) is 0 Å². The van der Waals surface area contributed by atoms with Crippen LogP contribution in [0.4, 0.5) is 5.95 Å². The zero-order chi connectivity index (χ0) is 15.6. The second kappa shape index (κ2) is 5.97. The van der Waals surface area contributed by atoms with Crippen molar-refractivity contribution < 1.29 is 5.11 Å². The number of benzene rings is 2. The molecular weight excluding hydrogens is 286 g/mol. The number of fused-ring (bicyclic) bond motifs is 1. The lowest BCUT2D eigenvalue weighted by molar-refractivity contribution is 0.238. The minimum Gasteiger partial charge on any atom is -0.396 e. The predicted octanol–water partition coefficient (Wildman–Crippen LogP) is 3.12. The SMILES string of the molecule is OC[C@@H]1CCN(c2nccc(-c3ccc4ccccc4c3)n2)C1. The quantitative estimate of drug-likeness (QED) is 0.808. The van der Waals surface area contributed by atoms with E-state index in [9.17, 15) is 5.11 Å². The lowest BCUT2D eigenvalue weighted by Gasteiger charge is -2.16. The minimum absolute atomic E-state index is 0.237. The summed E-state index contributed by atoms with van der Waals surface area (Å²) in [5.74, 6) is 1.09. The van der Waals surface area contributed by atoms with Crippen LogP contribution in [0.15, 0.2) is 54.7 Å². The molecule has 2 aromatic carbocycles. The first-order chi connectivity index (χ1) is 11.3. The number of hydrogen-bond donors (Lipinski definition) is 1. The molecule has 0 spiro atoms. The van der Waals surface area contributed by atoms with Crippen molar-refractivity contribution in [2.45, 2.75) is 6.42 Å². The van der Waals surface area contributed by atoms with Crippen LogP contribution in [0.1, 0.15) is 6.42 Å². The van der Waals surface area contributed by atoms with E-state index in [1.165, 1.54) is 10.8 Å². The van der Waals surface area contributed by atoms with Crippen molar-refractivity contribution in [1.29, 1.82) is 0 Å². The van der Waals surface area contributed by atoms with Crippen molar-refractivity contribution in [3.63, 3.8) is 0 Å². The Hall–Kier alpha value is -2.46. The average Bonchev–Trinajstić information content (AvgIpc) is 3.11. The second-order valence-electron chi connectivity index (χ2n) is 6.09. The van der Waals surface area contributed by atoms with E-state index in [2.05, 4.69) is 52.3 Å². The van der Waals surface area contributed by atoms with Crippen molar-refractivity contribution in [1.82, 2.24) is 9.97 Å². The van der Waals surface area contributed by atoms with Gasteiger partial charge < -0.3 is 10.0 Å². The molecule has 23 heavy (non-hydrogen) atoms. The second-order valence-corrected chi connectivity index (χ2v) is 6.09. The Labute approximate surface area is 135 Å². The Morgan fingerprint density at radius 1 is 1.09 bits per heavy atom. The van der Waals surface area contributed by atoms with Crippen LogP contribution in [-0.4, -0.2) is 34.8 Å². The Morgan fingerprint density at radius 3 is 2.78 bits per heavy atom. The van der Waals surface area contributed by atoms with Gasteiger partial charge in [0.1, 0.15) is 0 Å². The molecule has 1 aromatic heterocycles. The molecule has 2 heterocycles. The number of aliphatic hydroxyl groups is 1. The first-order valence-electron chi connectivity index (χ1n) is 8.01.